The molecule has 0 aliphatic rings. The molecule has 2 N–H and O–H groups in total. The number of aromatic carboxylic acids is 1. The van der Waals surface area contributed by atoms with Crippen LogP contribution in [0.25, 0.3) is 0 Å². The van der Waals surface area contributed by atoms with Gasteiger partial charge in [-0.15, -0.1) is 0 Å². The lowest BCUT2D eigenvalue weighted by molar-refractivity contribution is 0.0697. The van der Waals surface area contributed by atoms with Gasteiger partial charge >= 0.3 is 5.97 Å². The van der Waals surface area contributed by atoms with Crippen LogP contribution in [0, 0.1) is 0 Å². The lowest BCUT2D eigenvalue weighted by Gasteiger charge is -2.19. The normalized spacial score (nSPS) is 12.2. The van der Waals surface area contributed by atoms with E-state index in [0.29, 0.717) is 10.7 Å². The highest BCUT2D eigenvalue weighted by Gasteiger charge is 2.15. The molecule has 0 aliphatic heterocycles. The van der Waals surface area contributed by atoms with Crippen molar-refractivity contribution in [2.24, 2.45) is 0 Å². The number of benzene rings is 1. The summed E-state index contributed by atoms with van der Waals surface area (Å²) in [5.41, 5.74) is 0.347. The molecule has 0 spiro atoms. The minimum absolute atomic E-state index is 0.000417. The Bertz CT molecular complexity index is 438. The van der Waals surface area contributed by atoms with Crippen molar-refractivity contribution in [3.05, 3.63) is 28.8 Å². The van der Waals surface area contributed by atoms with Gasteiger partial charge in [0.15, 0.2) is 11.1 Å². The third kappa shape index (κ3) is 3.19. The summed E-state index contributed by atoms with van der Waals surface area (Å²) in [5, 5.41) is 9.25. The quantitative estimate of drug-likeness (QED) is 0.808. The zero-order chi connectivity index (χ0) is 12.3. The summed E-state index contributed by atoms with van der Waals surface area (Å²) in [5.74, 6) is -1.30. The molecule has 0 saturated carbocycles. The van der Waals surface area contributed by atoms with E-state index in [0.717, 1.165) is 0 Å². The Hall–Kier alpha value is -1.11. The number of carbonyl (C=O) groups is 1. The Kier molecular flexibility index (Phi) is 4.28. The van der Waals surface area contributed by atoms with Crippen molar-refractivity contribution < 1.29 is 18.7 Å². The SMILES string of the molecule is CN(CS(=O)O)c1ccc(Cl)cc1C(=O)O. The first-order valence-corrected chi connectivity index (χ1v) is 5.88. The van der Waals surface area contributed by atoms with Crippen molar-refractivity contribution in [3.63, 3.8) is 0 Å². The number of rotatable bonds is 4. The topological polar surface area (TPSA) is 77.8 Å². The third-order valence-corrected chi connectivity index (χ3v) is 2.75. The maximum atomic E-state index is 10.9. The Balaban J connectivity index is 3.12. The van der Waals surface area contributed by atoms with Crippen molar-refractivity contribution in [1.29, 1.82) is 0 Å². The van der Waals surface area contributed by atoms with Gasteiger partial charge in [-0.05, 0) is 18.2 Å². The van der Waals surface area contributed by atoms with Crippen LogP contribution in [-0.2, 0) is 11.1 Å². The van der Waals surface area contributed by atoms with Crippen molar-refractivity contribution >= 4 is 34.3 Å². The standard InChI is InChI=1S/C9H10ClNO4S/c1-11(5-16(14)15)8-3-2-6(10)4-7(8)9(12)13/h2-4H,5H2,1H3,(H,12,13)(H,14,15). The van der Waals surface area contributed by atoms with E-state index >= 15 is 0 Å². The number of anilines is 1. The van der Waals surface area contributed by atoms with Gasteiger partial charge in [0.25, 0.3) is 0 Å². The highest BCUT2D eigenvalue weighted by atomic mass is 35.5. The predicted octanol–water partition coefficient (Wildman–Crippen LogP) is 1.65. The second-order valence-electron chi connectivity index (χ2n) is 3.12. The van der Waals surface area contributed by atoms with Crippen LogP contribution in [0.3, 0.4) is 0 Å². The van der Waals surface area contributed by atoms with Crippen LogP contribution in [0.1, 0.15) is 10.4 Å². The van der Waals surface area contributed by atoms with Gasteiger partial charge in [-0.2, -0.15) is 0 Å². The minimum Gasteiger partial charge on any atom is -0.478 e. The molecular formula is C9H10ClNO4S. The van der Waals surface area contributed by atoms with Crippen LogP contribution < -0.4 is 4.90 Å². The van der Waals surface area contributed by atoms with Crippen molar-refractivity contribution in [2.75, 3.05) is 17.8 Å². The van der Waals surface area contributed by atoms with E-state index in [2.05, 4.69) is 0 Å². The second kappa shape index (κ2) is 5.29. The Morgan fingerprint density at radius 1 is 1.56 bits per heavy atom. The molecule has 16 heavy (non-hydrogen) atoms. The predicted molar refractivity (Wildman–Crippen MR) is 62.5 cm³/mol. The molecule has 1 atom stereocenters. The van der Waals surface area contributed by atoms with Gasteiger partial charge in [-0.1, -0.05) is 11.6 Å². The lowest BCUT2D eigenvalue weighted by Crippen LogP contribution is -2.23. The fourth-order valence-electron chi connectivity index (χ4n) is 1.25. The highest BCUT2D eigenvalue weighted by Crippen LogP contribution is 2.23. The average molecular weight is 264 g/mol. The van der Waals surface area contributed by atoms with Crippen molar-refractivity contribution in [3.8, 4) is 0 Å². The van der Waals surface area contributed by atoms with E-state index in [1.54, 1.807) is 0 Å². The molecule has 1 unspecified atom stereocenters. The van der Waals surface area contributed by atoms with Gasteiger partial charge in [0.1, 0.15) is 5.88 Å². The minimum atomic E-state index is -2.02. The molecule has 0 fully saturated rings. The highest BCUT2D eigenvalue weighted by molar-refractivity contribution is 7.79. The largest absolute Gasteiger partial charge is 0.478 e. The number of halogens is 1. The summed E-state index contributed by atoms with van der Waals surface area (Å²) < 4.78 is 19.4. The van der Waals surface area contributed by atoms with Gasteiger partial charge in [0, 0.05) is 12.1 Å². The zero-order valence-electron chi connectivity index (χ0n) is 8.38. The number of hydrogen-bond acceptors (Lipinski definition) is 3. The summed E-state index contributed by atoms with van der Waals surface area (Å²) in [7, 11) is 1.53. The summed E-state index contributed by atoms with van der Waals surface area (Å²) in [6, 6.07) is 4.33. The van der Waals surface area contributed by atoms with Gasteiger partial charge in [0.05, 0.1) is 11.3 Å². The molecule has 0 bridgehead atoms. The van der Waals surface area contributed by atoms with Crippen LogP contribution in [0.15, 0.2) is 18.2 Å². The lowest BCUT2D eigenvalue weighted by atomic mass is 10.1. The zero-order valence-corrected chi connectivity index (χ0v) is 9.96. The van der Waals surface area contributed by atoms with Crippen molar-refractivity contribution in [2.45, 2.75) is 0 Å². The molecule has 0 aromatic heterocycles. The first kappa shape index (κ1) is 13.0. The summed E-state index contributed by atoms with van der Waals surface area (Å²) in [6.07, 6.45) is 0. The first-order chi connectivity index (χ1) is 7.41. The fourth-order valence-corrected chi connectivity index (χ4v) is 1.89. The summed E-state index contributed by atoms with van der Waals surface area (Å²) >= 11 is 3.66. The molecule has 0 amide bonds. The second-order valence-corrected chi connectivity index (χ2v) is 4.45. The third-order valence-electron chi connectivity index (χ3n) is 1.90. The Morgan fingerprint density at radius 3 is 2.69 bits per heavy atom. The smallest absolute Gasteiger partial charge is 0.337 e. The molecule has 88 valence electrons. The van der Waals surface area contributed by atoms with Crippen LogP contribution in [0.2, 0.25) is 5.02 Å². The first-order valence-electron chi connectivity index (χ1n) is 4.23. The number of carboxylic acid groups (broad SMARTS) is 1. The monoisotopic (exact) mass is 263 g/mol. The van der Waals surface area contributed by atoms with E-state index in [9.17, 15) is 9.00 Å². The molecule has 0 radical (unpaired) electrons. The molecule has 1 aromatic rings. The van der Waals surface area contributed by atoms with E-state index in [1.165, 1.54) is 30.1 Å². The number of carboxylic acids is 1. The van der Waals surface area contributed by atoms with E-state index in [1.807, 2.05) is 0 Å². The molecule has 7 heteroatoms. The molecule has 0 saturated heterocycles. The van der Waals surface area contributed by atoms with E-state index < -0.39 is 17.0 Å². The van der Waals surface area contributed by atoms with Crippen molar-refractivity contribution in [1.82, 2.24) is 0 Å². The van der Waals surface area contributed by atoms with Gasteiger partial charge in [-0.25, -0.2) is 9.00 Å². The number of hydrogen-bond donors (Lipinski definition) is 2. The Morgan fingerprint density at radius 2 is 2.19 bits per heavy atom. The maximum Gasteiger partial charge on any atom is 0.337 e. The van der Waals surface area contributed by atoms with Gasteiger partial charge in [0.2, 0.25) is 0 Å². The molecule has 0 heterocycles. The summed E-state index contributed by atoms with van der Waals surface area (Å²) in [6.45, 7) is 0. The van der Waals surface area contributed by atoms with Crippen LogP contribution in [0.4, 0.5) is 5.69 Å². The maximum absolute atomic E-state index is 10.9. The van der Waals surface area contributed by atoms with Gasteiger partial charge in [-0.3, -0.25) is 0 Å². The van der Waals surface area contributed by atoms with Gasteiger partial charge < -0.3 is 14.6 Å². The molecular weight excluding hydrogens is 254 g/mol. The van der Waals surface area contributed by atoms with E-state index in [4.69, 9.17) is 21.3 Å². The molecule has 1 aromatic carbocycles. The Labute approximate surface area is 99.9 Å². The fraction of sp³-hybridized carbons (Fsp3) is 0.222. The van der Waals surface area contributed by atoms with Crippen LogP contribution >= 0.6 is 11.6 Å². The average Bonchev–Trinajstić information content (AvgIpc) is 2.16. The van der Waals surface area contributed by atoms with E-state index in [-0.39, 0.29) is 11.4 Å². The molecule has 5 nitrogen and oxygen atoms in total. The van der Waals surface area contributed by atoms with Crippen LogP contribution in [-0.4, -0.2) is 32.8 Å². The van der Waals surface area contributed by atoms with Crippen LogP contribution in [0.5, 0.6) is 0 Å². The number of nitrogens with zero attached hydrogens (tertiary/aromatic N) is 1. The summed E-state index contributed by atoms with van der Waals surface area (Å²) in [4.78, 5) is 12.3. The molecule has 0 aliphatic carbocycles. The molecule has 1 rings (SSSR count).